The molecule has 2 heterocycles. The van der Waals surface area contributed by atoms with E-state index in [1.54, 1.807) is 6.92 Å². The van der Waals surface area contributed by atoms with E-state index in [0.717, 1.165) is 0 Å². The zero-order valence-electron chi connectivity index (χ0n) is 8.85. The van der Waals surface area contributed by atoms with Crippen molar-refractivity contribution in [2.45, 2.75) is 6.92 Å². The quantitative estimate of drug-likeness (QED) is 0.581. The van der Waals surface area contributed by atoms with Crippen LogP contribution in [0.1, 0.15) is 5.76 Å². The lowest BCUT2D eigenvalue weighted by Crippen LogP contribution is -2.00. The van der Waals surface area contributed by atoms with E-state index in [-0.39, 0.29) is 33.4 Å². The number of furan rings is 1. The summed E-state index contributed by atoms with van der Waals surface area (Å²) in [6.45, 7) is 1.59. The van der Waals surface area contributed by atoms with Gasteiger partial charge in [0.2, 0.25) is 5.75 Å². The molecule has 1 aromatic carbocycles. The molecule has 86 valence electrons. The van der Waals surface area contributed by atoms with E-state index in [1.807, 2.05) is 0 Å². The predicted octanol–water partition coefficient (Wildman–Crippen LogP) is 2.26. The van der Waals surface area contributed by atoms with Crippen LogP contribution in [0.2, 0.25) is 0 Å². The van der Waals surface area contributed by atoms with Crippen LogP contribution in [-0.4, -0.2) is 10.2 Å². The number of phenols is 2. The molecule has 0 amide bonds. The largest absolute Gasteiger partial charge is 0.506 e. The highest BCUT2D eigenvalue weighted by Gasteiger charge is 2.19. The van der Waals surface area contributed by atoms with E-state index < -0.39 is 5.43 Å². The SMILES string of the molecule is Cc1cc(=O)c2c(O)c3ccoc3c(O)c2o1. The molecule has 5 heteroatoms. The molecule has 5 nitrogen and oxygen atoms in total. The topological polar surface area (TPSA) is 83.8 Å². The van der Waals surface area contributed by atoms with Crippen molar-refractivity contribution in [3.63, 3.8) is 0 Å². The van der Waals surface area contributed by atoms with E-state index in [1.165, 1.54) is 18.4 Å². The number of benzene rings is 1. The number of hydrogen-bond donors (Lipinski definition) is 2. The average molecular weight is 232 g/mol. The Bertz CT molecular complexity index is 794. The molecule has 3 aromatic rings. The van der Waals surface area contributed by atoms with Gasteiger partial charge in [0, 0.05) is 6.07 Å². The molecule has 2 aromatic heterocycles. The van der Waals surface area contributed by atoms with Gasteiger partial charge < -0.3 is 19.0 Å². The second-order valence-corrected chi connectivity index (χ2v) is 3.79. The molecule has 0 spiro atoms. The maximum atomic E-state index is 11.8. The number of hydrogen-bond acceptors (Lipinski definition) is 5. The monoisotopic (exact) mass is 232 g/mol. The molecular weight excluding hydrogens is 224 g/mol. The van der Waals surface area contributed by atoms with Crippen LogP contribution in [0.25, 0.3) is 21.9 Å². The maximum Gasteiger partial charge on any atom is 0.203 e. The Kier molecular flexibility index (Phi) is 1.75. The van der Waals surface area contributed by atoms with Gasteiger partial charge >= 0.3 is 0 Å². The lowest BCUT2D eigenvalue weighted by molar-refractivity contribution is 0.445. The summed E-state index contributed by atoms with van der Waals surface area (Å²) in [5.74, 6) is -0.169. The van der Waals surface area contributed by atoms with E-state index in [0.29, 0.717) is 5.76 Å². The summed E-state index contributed by atoms with van der Waals surface area (Å²) in [6, 6.07) is 2.73. The first-order valence-corrected chi connectivity index (χ1v) is 4.95. The van der Waals surface area contributed by atoms with Gasteiger partial charge in [0.25, 0.3) is 0 Å². The van der Waals surface area contributed by atoms with Gasteiger partial charge in [0.15, 0.2) is 16.6 Å². The maximum absolute atomic E-state index is 11.8. The minimum atomic E-state index is -0.403. The van der Waals surface area contributed by atoms with Crippen LogP contribution in [0.3, 0.4) is 0 Å². The summed E-state index contributed by atoms with van der Waals surface area (Å²) in [6.07, 6.45) is 1.32. The number of aromatic hydroxyl groups is 2. The smallest absolute Gasteiger partial charge is 0.203 e. The fourth-order valence-electron chi connectivity index (χ4n) is 1.92. The summed E-state index contributed by atoms with van der Waals surface area (Å²) in [7, 11) is 0. The summed E-state index contributed by atoms with van der Waals surface area (Å²) in [4.78, 5) is 11.8. The molecule has 17 heavy (non-hydrogen) atoms. The van der Waals surface area contributed by atoms with Gasteiger partial charge in [-0.1, -0.05) is 0 Å². The third kappa shape index (κ3) is 1.16. The van der Waals surface area contributed by atoms with Gasteiger partial charge in [-0.15, -0.1) is 0 Å². The highest BCUT2D eigenvalue weighted by atomic mass is 16.4. The van der Waals surface area contributed by atoms with E-state index in [9.17, 15) is 15.0 Å². The number of aryl methyl sites for hydroxylation is 1. The fraction of sp³-hybridized carbons (Fsp3) is 0.0833. The molecule has 0 atom stereocenters. The predicted molar refractivity (Wildman–Crippen MR) is 60.3 cm³/mol. The summed E-state index contributed by atoms with van der Waals surface area (Å²) in [5, 5.41) is 20.1. The van der Waals surface area contributed by atoms with Gasteiger partial charge in [0.1, 0.15) is 16.9 Å². The Morgan fingerprint density at radius 3 is 2.71 bits per heavy atom. The second-order valence-electron chi connectivity index (χ2n) is 3.79. The first-order chi connectivity index (χ1) is 8.09. The molecule has 0 saturated carbocycles. The van der Waals surface area contributed by atoms with Gasteiger partial charge in [-0.2, -0.15) is 0 Å². The molecule has 0 fully saturated rings. The Balaban J connectivity index is 2.73. The van der Waals surface area contributed by atoms with Crippen LogP contribution in [0.5, 0.6) is 11.5 Å². The van der Waals surface area contributed by atoms with Crippen molar-refractivity contribution in [1.82, 2.24) is 0 Å². The summed E-state index contributed by atoms with van der Waals surface area (Å²) < 4.78 is 10.3. The lowest BCUT2D eigenvalue weighted by Gasteiger charge is -2.04. The minimum absolute atomic E-state index is 0.0398. The normalized spacial score (nSPS) is 11.4. The van der Waals surface area contributed by atoms with Gasteiger partial charge in [-0.3, -0.25) is 4.79 Å². The zero-order valence-corrected chi connectivity index (χ0v) is 8.85. The Morgan fingerprint density at radius 2 is 1.94 bits per heavy atom. The molecule has 0 radical (unpaired) electrons. The second kappa shape index (κ2) is 3.04. The highest BCUT2D eigenvalue weighted by Crippen LogP contribution is 2.40. The molecule has 0 bridgehead atoms. The lowest BCUT2D eigenvalue weighted by atomic mass is 10.1. The summed E-state index contributed by atoms with van der Waals surface area (Å²) in [5.41, 5.74) is -0.363. The summed E-state index contributed by atoms with van der Waals surface area (Å²) >= 11 is 0. The zero-order chi connectivity index (χ0) is 12.2. The van der Waals surface area contributed by atoms with Crippen LogP contribution in [-0.2, 0) is 0 Å². The highest BCUT2D eigenvalue weighted by molar-refractivity contribution is 6.05. The fourth-order valence-corrected chi connectivity index (χ4v) is 1.92. The van der Waals surface area contributed by atoms with E-state index >= 15 is 0 Å². The van der Waals surface area contributed by atoms with E-state index in [2.05, 4.69) is 0 Å². The van der Waals surface area contributed by atoms with Crippen LogP contribution in [0, 0.1) is 6.92 Å². The Labute approximate surface area is 94.5 Å². The molecule has 2 N–H and O–H groups in total. The molecular formula is C12H8O5. The van der Waals surface area contributed by atoms with Crippen molar-refractivity contribution in [2.24, 2.45) is 0 Å². The van der Waals surface area contributed by atoms with Gasteiger partial charge in [-0.25, -0.2) is 0 Å². The number of rotatable bonds is 0. The number of fused-ring (bicyclic) bond motifs is 2. The van der Waals surface area contributed by atoms with Crippen molar-refractivity contribution in [1.29, 1.82) is 0 Å². The van der Waals surface area contributed by atoms with Crippen LogP contribution in [0.15, 0.2) is 32.0 Å². The molecule has 0 unspecified atom stereocenters. The van der Waals surface area contributed by atoms with Crippen LogP contribution in [0.4, 0.5) is 0 Å². The molecule has 0 aliphatic carbocycles. The number of phenolic OH excluding ortho intramolecular Hbond substituents is 2. The third-order valence-electron chi connectivity index (χ3n) is 2.66. The van der Waals surface area contributed by atoms with Crippen LogP contribution < -0.4 is 5.43 Å². The van der Waals surface area contributed by atoms with Crippen molar-refractivity contribution < 1.29 is 19.0 Å². The molecule has 0 aliphatic heterocycles. The van der Waals surface area contributed by atoms with Crippen molar-refractivity contribution in [2.75, 3.05) is 0 Å². The first-order valence-electron chi connectivity index (χ1n) is 4.95. The standard InChI is InChI=1S/C12H8O5/c1-5-4-7(13)8-9(14)6-2-3-16-11(6)10(15)12(8)17-5/h2-4,14-15H,1H3. The minimum Gasteiger partial charge on any atom is -0.506 e. The average Bonchev–Trinajstić information content (AvgIpc) is 2.74. The molecule has 0 aliphatic rings. The van der Waals surface area contributed by atoms with Crippen molar-refractivity contribution >= 4 is 21.9 Å². The van der Waals surface area contributed by atoms with E-state index in [4.69, 9.17) is 8.83 Å². The Morgan fingerprint density at radius 1 is 1.18 bits per heavy atom. The van der Waals surface area contributed by atoms with Crippen molar-refractivity contribution in [3.8, 4) is 11.5 Å². The molecule has 3 rings (SSSR count). The Hall–Kier alpha value is -2.43. The van der Waals surface area contributed by atoms with Gasteiger partial charge in [0.05, 0.1) is 11.6 Å². The van der Waals surface area contributed by atoms with Gasteiger partial charge in [-0.05, 0) is 13.0 Å². The van der Waals surface area contributed by atoms with Crippen LogP contribution >= 0.6 is 0 Å². The molecule has 0 saturated heterocycles. The van der Waals surface area contributed by atoms with Crippen molar-refractivity contribution in [3.05, 3.63) is 34.4 Å². The first kappa shape index (κ1) is 9.77. The third-order valence-corrected chi connectivity index (χ3v) is 2.66.